The van der Waals surface area contributed by atoms with Gasteiger partial charge >= 0.3 is 6.18 Å². The molecule has 0 aliphatic rings. The van der Waals surface area contributed by atoms with Crippen LogP contribution in [0.25, 0.3) is 5.82 Å². The van der Waals surface area contributed by atoms with Crippen molar-refractivity contribution in [3.8, 4) is 5.82 Å². The average Bonchev–Trinajstić information content (AvgIpc) is 2.67. The van der Waals surface area contributed by atoms with Crippen LogP contribution in [0.3, 0.4) is 0 Å². The topological polar surface area (TPSA) is 43.6 Å². The molecule has 0 amide bonds. The number of aromatic nitrogens is 4. The molecule has 2 heterocycles. The summed E-state index contributed by atoms with van der Waals surface area (Å²) in [6, 6.07) is 3.96. The van der Waals surface area contributed by atoms with Crippen molar-refractivity contribution in [3.05, 3.63) is 36.3 Å². The van der Waals surface area contributed by atoms with E-state index in [0.29, 0.717) is 0 Å². The minimum atomic E-state index is -4.44. The molecule has 0 unspecified atom stereocenters. The molecular weight excluding hydrogens is 209 g/mol. The van der Waals surface area contributed by atoms with E-state index in [1.165, 1.54) is 18.5 Å². The highest BCUT2D eigenvalue weighted by atomic mass is 19.4. The maximum Gasteiger partial charge on any atom is 0.435 e. The van der Waals surface area contributed by atoms with Crippen molar-refractivity contribution in [2.45, 2.75) is 6.18 Å². The van der Waals surface area contributed by atoms with Crippen LogP contribution in [0.1, 0.15) is 5.69 Å². The van der Waals surface area contributed by atoms with Gasteiger partial charge in [0.05, 0.1) is 0 Å². The largest absolute Gasteiger partial charge is 0.435 e. The van der Waals surface area contributed by atoms with Crippen molar-refractivity contribution in [1.29, 1.82) is 0 Å². The van der Waals surface area contributed by atoms with Gasteiger partial charge in [0, 0.05) is 12.4 Å². The molecule has 0 aromatic carbocycles. The molecule has 0 aliphatic heterocycles. The molecule has 0 aliphatic carbocycles. The van der Waals surface area contributed by atoms with Gasteiger partial charge in [0.2, 0.25) is 0 Å². The van der Waals surface area contributed by atoms with Gasteiger partial charge in [0.25, 0.3) is 0 Å². The van der Waals surface area contributed by atoms with Crippen LogP contribution in [-0.4, -0.2) is 20.0 Å². The number of nitrogens with zero attached hydrogens (tertiary/aromatic N) is 4. The highest BCUT2D eigenvalue weighted by molar-refractivity contribution is 5.19. The fourth-order valence-corrected chi connectivity index (χ4v) is 1.02. The van der Waals surface area contributed by atoms with Crippen LogP contribution in [0.5, 0.6) is 0 Å². The van der Waals surface area contributed by atoms with Crippen LogP contribution >= 0.6 is 0 Å². The zero-order chi connectivity index (χ0) is 10.9. The van der Waals surface area contributed by atoms with Crippen LogP contribution < -0.4 is 0 Å². The van der Waals surface area contributed by atoms with Gasteiger partial charge < -0.3 is 0 Å². The third-order valence-electron chi connectivity index (χ3n) is 1.67. The molecule has 15 heavy (non-hydrogen) atoms. The summed E-state index contributed by atoms with van der Waals surface area (Å²) in [5, 5.41) is 10.5. The van der Waals surface area contributed by atoms with Crippen molar-refractivity contribution < 1.29 is 13.2 Å². The van der Waals surface area contributed by atoms with E-state index in [1.54, 1.807) is 6.07 Å². The number of halogens is 3. The molecule has 2 aromatic rings. The van der Waals surface area contributed by atoms with Crippen LogP contribution in [0.4, 0.5) is 13.2 Å². The molecule has 0 N–H and O–H groups in total. The Labute approximate surface area is 82.4 Å². The third kappa shape index (κ3) is 1.95. The van der Waals surface area contributed by atoms with E-state index in [1.807, 2.05) is 0 Å². The number of hydrogen-bond donors (Lipinski definition) is 0. The Kier molecular flexibility index (Phi) is 2.14. The first-order valence-corrected chi connectivity index (χ1v) is 3.98. The van der Waals surface area contributed by atoms with E-state index in [4.69, 9.17) is 0 Å². The molecule has 78 valence electrons. The molecule has 7 heteroatoms. The second-order valence-electron chi connectivity index (χ2n) is 2.73. The lowest BCUT2D eigenvalue weighted by Crippen LogP contribution is -2.07. The average molecular weight is 214 g/mol. The predicted octanol–water partition coefficient (Wildman–Crippen LogP) is 1.68. The van der Waals surface area contributed by atoms with Gasteiger partial charge in [0.1, 0.15) is 0 Å². The van der Waals surface area contributed by atoms with Crippen molar-refractivity contribution in [2.75, 3.05) is 0 Å². The summed E-state index contributed by atoms with van der Waals surface area (Å²) >= 11 is 0. The highest BCUT2D eigenvalue weighted by Crippen LogP contribution is 2.27. The Bertz CT molecular complexity index is 448. The van der Waals surface area contributed by atoms with Crippen LogP contribution in [0.2, 0.25) is 0 Å². The number of alkyl halides is 3. The lowest BCUT2D eigenvalue weighted by molar-refractivity contribution is -0.141. The fraction of sp³-hybridized carbons (Fsp3) is 0.125. The number of rotatable bonds is 1. The minimum absolute atomic E-state index is 0.244. The normalized spacial score (nSPS) is 11.7. The SMILES string of the molecule is FC(F)(F)c1ccn(-c2cccnn2)n1. The summed E-state index contributed by atoms with van der Waals surface area (Å²) < 4.78 is 37.6. The van der Waals surface area contributed by atoms with E-state index < -0.39 is 11.9 Å². The van der Waals surface area contributed by atoms with Crippen molar-refractivity contribution >= 4 is 0 Å². The summed E-state index contributed by atoms with van der Waals surface area (Å²) in [5.74, 6) is 0.244. The summed E-state index contributed by atoms with van der Waals surface area (Å²) in [4.78, 5) is 0. The monoisotopic (exact) mass is 214 g/mol. The first-order chi connectivity index (χ1) is 7.07. The first-order valence-electron chi connectivity index (χ1n) is 3.98. The first kappa shape index (κ1) is 9.63. The van der Waals surface area contributed by atoms with Gasteiger partial charge in [-0.15, -0.1) is 5.10 Å². The molecule has 0 spiro atoms. The van der Waals surface area contributed by atoms with E-state index in [9.17, 15) is 13.2 Å². The summed E-state index contributed by atoms with van der Waals surface area (Å²) in [5.41, 5.74) is -0.951. The van der Waals surface area contributed by atoms with Gasteiger partial charge in [-0.2, -0.15) is 23.4 Å². The third-order valence-corrected chi connectivity index (χ3v) is 1.67. The molecule has 0 atom stereocenters. The quantitative estimate of drug-likeness (QED) is 0.725. The van der Waals surface area contributed by atoms with Crippen molar-refractivity contribution in [1.82, 2.24) is 20.0 Å². The second-order valence-corrected chi connectivity index (χ2v) is 2.73. The molecular formula is C8H5F3N4. The lowest BCUT2D eigenvalue weighted by atomic mass is 10.4. The van der Waals surface area contributed by atoms with Gasteiger partial charge in [-0.3, -0.25) is 0 Å². The second kappa shape index (κ2) is 3.34. The molecule has 0 radical (unpaired) electrons. The van der Waals surface area contributed by atoms with Gasteiger partial charge in [-0.25, -0.2) is 4.68 Å². The number of hydrogen-bond acceptors (Lipinski definition) is 3. The molecule has 0 saturated heterocycles. The maximum atomic E-state index is 12.2. The summed E-state index contributed by atoms with van der Waals surface area (Å²) in [7, 11) is 0. The van der Waals surface area contributed by atoms with Crippen LogP contribution in [-0.2, 0) is 6.18 Å². The standard InChI is InChI=1S/C8H5F3N4/c9-8(10,11)6-3-5-15(14-6)7-2-1-4-12-13-7/h1-5H. The molecule has 0 saturated carbocycles. The van der Waals surface area contributed by atoms with Gasteiger partial charge in [-0.05, 0) is 18.2 Å². The van der Waals surface area contributed by atoms with Crippen molar-refractivity contribution in [3.63, 3.8) is 0 Å². The molecule has 0 fully saturated rings. The maximum absolute atomic E-state index is 12.2. The van der Waals surface area contributed by atoms with Crippen molar-refractivity contribution in [2.24, 2.45) is 0 Å². The molecule has 0 bridgehead atoms. The fourth-order valence-electron chi connectivity index (χ4n) is 1.02. The Balaban J connectivity index is 2.37. The summed E-state index contributed by atoms with van der Waals surface area (Å²) in [6.45, 7) is 0. The highest BCUT2D eigenvalue weighted by Gasteiger charge is 2.33. The zero-order valence-corrected chi connectivity index (χ0v) is 7.31. The minimum Gasteiger partial charge on any atom is -0.220 e. The Morgan fingerprint density at radius 3 is 2.53 bits per heavy atom. The zero-order valence-electron chi connectivity index (χ0n) is 7.31. The van der Waals surface area contributed by atoms with Crippen LogP contribution in [0.15, 0.2) is 30.6 Å². The van der Waals surface area contributed by atoms with Gasteiger partial charge in [0.15, 0.2) is 11.5 Å². The summed E-state index contributed by atoms with van der Waals surface area (Å²) in [6.07, 6.45) is -1.82. The van der Waals surface area contributed by atoms with E-state index in [0.717, 1.165) is 10.7 Å². The molecule has 2 aromatic heterocycles. The van der Waals surface area contributed by atoms with E-state index >= 15 is 0 Å². The Morgan fingerprint density at radius 1 is 1.20 bits per heavy atom. The van der Waals surface area contributed by atoms with E-state index in [-0.39, 0.29) is 5.82 Å². The Morgan fingerprint density at radius 2 is 2.00 bits per heavy atom. The lowest BCUT2D eigenvalue weighted by Gasteiger charge is -2.01. The molecule has 2 rings (SSSR count). The van der Waals surface area contributed by atoms with E-state index in [2.05, 4.69) is 15.3 Å². The Hall–Kier alpha value is -1.92. The smallest absolute Gasteiger partial charge is 0.220 e. The van der Waals surface area contributed by atoms with Gasteiger partial charge in [-0.1, -0.05) is 0 Å². The molecule has 4 nitrogen and oxygen atoms in total. The predicted molar refractivity (Wildman–Crippen MR) is 44.2 cm³/mol. The van der Waals surface area contributed by atoms with Crippen LogP contribution in [0, 0.1) is 0 Å².